The van der Waals surface area contributed by atoms with Crippen LogP contribution in [0, 0.1) is 12.3 Å². The van der Waals surface area contributed by atoms with Gasteiger partial charge in [-0.25, -0.2) is 0 Å². The van der Waals surface area contributed by atoms with E-state index in [9.17, 15) is 9.90 Å². The molecule has 21 heavy (non-hydrogen) atoms. The number of likely N-dealkylation sites (tertiary alicyclic amines) is 1. The Morgan fingerprint density at radius 2 is 2.29 bits per heavy atom. The van der Waals surface area contributed by atoms with E-state index in [1.807, 2.05) is 19.1 Å². The highest BCUT2D eigenvalue weighted by molar-refractivity contribution is 6.30. The van der Waals surface area contributed by atoms with Gasteiger partial charge in [0.1, 0.15) is 0 Å². The maximum Gasteiger partial charge on any atom is 0.238 e. The Hall–Kier alpha value is -1.10. The summed E-state index contributed by atoms with van der Waals surface area (Å²) in [5.74, 6) is -0.0254. The summed E-state index contributed by atoms with van der Waals surface area (Å²) in [5.41, 5.74) is 1.66. The fraction of sp³-hybridized carbons (Fsp3) is 0.562. The Kier molecular flexibility index (Phi) is 5.25. The van der Waals surface area contributed by atoms with Crippen LogP contribution in [0.25, 0.3) is 0 Å². The molecular weight excluding hydrogens is 288 g/mol. The van der Waals surface area contributed by atoms with Crippen LogP contribution in [-0.2, 0) is 4.79 Å². The SMILES string of the molecule is Cc1cc(Cl)ccc1NC(=O)CN1CCCC(C)(CO)C1. The smallest absolute Gasteiger partial charge is 0.238 e. The molecule has 2 rings (SSSR count). The zero-order chi connectivity index (χ0) is 15.5. The van der Waals surface area contributed by atoms with Crippen LogP contribution in [0.5, 0.6) is 0 Å². The summed E-state index contributed by atoms with van der Waals surface area (Å²) >= 11 is 5.91. The summed E-state index contributed by atoms with van der Waals surface area (Å²) in [4.78, 5) is 14.3. The number of aliphatic hydroxyl groups is 1. The number of halogens is 1. The van der Waals surface area contributed by atoms with Crippen molar-refractivity contribution in [2.24, 2.45) is 5.41 Å². The number of aliphatic hydroxyl groups excluding tert-OH is 1. The van der Waals surface area contributed by atoms with Gasteiger partial charge in [0.05, 0.1) is 6.54 Å². The Bertz CT molecular complexity index is 521. The van der Waals surface area contributed by atoms with Gasteiger partial charge in [0.2, 0.25) is 5.91 Å². The lowest BCUT2D eigenvalue weighted by molar-refractivity contribution is -0.118. The summed E-state index contributed by atoms with van der Waals surface area (Å²) in [6.07, 6.45) is 2.03. The number of piperidine rings is 1. The third-order valence-electron chi connectivity index (χ3n) is 4.07. The molecule has 2 N–H and O–H groups in total. The van der Waals surface area contributed by atoms with Crippen molar-refractivity contribution in [3.05, 3.63) is 28.8 Å². The molecular formula is C16H23ClN2O2. The molecule has 0 spiro atoms. The normalized spacial score (nSPS) is 23.0. The summed E-state index contributed by atoms with van der Waals surface area (Å²) in [6, 6.07) is 5.43. The molecule has 1 saturated heterocycles. The number of hydrogen-bond donors (Lipinski definition) is 2. The van der Waals surface area contributed by atoms with Crippen LogP contribution in [0.4, 0.5) is 5.69 Å². The number of amides is 1. The van der Waals surface area contributed by atoms with Crippen molar-refractivity contribution in [1.29, 1.82) is 0 Å². The quantitative estimate of drug-likeness (QED) is 0.899. The maximum atomic E-state index is 12.2. The average molecular weight is 311 g/mol. The number of nitrogens with one attached hydrogen (secondary N) is 1. The van der Waals surface area contributed by atoms with Crippen molar-refractivity contribution >= 4 is 23.2 Å². The van der Waals surface area contributed by atoms with Gasteiger partial charge in [-0.15, -0.1) is 0 Å². The average Bonchev–Trinajstić information content (AvgIpc) is 2.42. The first-order valence-corrected chi connectivity index (χ1v) is 7.69. The van der Waals surface area contributed by atoms with Crippen molar-refractivity contribution < 1.29 is 9.90 Å². The van der Waals surface area contributed by atoms with Crippen molar-refractivity contribution in [3.63, 3.8) is 0 Å². The van der Waals surface area contributed by atoms with E-state index in [1.165, 1.54) is 0 Å². The topological polar surface area (TPSA) is 52.6 Å². The minimum Gasteiger partial charge on any atom is -0.396 e. The molecule has 1 amide bonds. The standard InChI is InChI=1S/C16H23ClN2O2/c1-12-8-13(17)4-5-14(12)18-15(21)9-19-7-3-6-16(2,10-19)11-20/h4-5,8,20H,3,6-7,9-11H2,1-2H3,(H,18,21). The van der Waals surface area contributed by atoms with Gasteiger partial charge < -0.3 is 10.4 Å². The molecule has 0 aromatic heterocycles. The lowest BCUT2D eigenvalue weighted by Crippen LogP contribution is -2.46. The Morgan fingerprint density at radius 1 is 1.52 bits per heavy atom. The summed E-state index contributed by atoms with van der Waals surface area (Å²) < 4.78 is 0. The second-order valence-electron chi connectivity index (χ2n) is 6.29. The first-order chi connectivity index (χ1) is 9.92. The number of aryl methyl sites for hydroxylation is 1. The Labute approximate surface area is 131 Å². The van der Waals surface area contributed by atoms with E-state index in [0.29, 0.717) is 11.6 Å². The predicted molar refractivity (Wildman–Crippen MR) is 85.7 cm³/mol. The van der Waals surface area contributed by atoms with E-state index in [2.05, 4.69) is 17.1 Å². The molecule has 116 valence electrons. The largest absolute Gasteiger partial charge is 0.396 e. The highest BCUT2D eigenvalue weighted by Crippen LogP contribution is 2.28. The van der Waals surface area contributed by atoms with Gasteiger partial charge in [-0.05, 0) is 50.1 Å². The van der Waals surface area contributed by atoms with E-state index in [4.69, 9.17) is 11.6 Å². The number of hydrogen-bond acceptors (Lipinski definition) is 3. The molecule has 1 unspecified atom stereocenters. The third-order valence-corrected chi connectivity index (χ3v) is 4.31. The summed E-state index contributed by atoms with van der Waals surface area (Å²) in [6.45, 7) is 6.18. The molecule has 0 radical (unpaired) electrons. The lowest BCUT2D eigenvalue weighted by atomic mass is 9.83. The van der Waals surface area contributed by atoms with Gasteiger partial charge in [0.25, 0.3) is 0 Å². The number of nitrogens with zero attached hydrogens (tertiary/aromatic N) is 1. The van der Waals surface area contributed by atoms with Crippen molar-refractivity contribution in [1.82, 2.24) is 4.90 Å². The van der Waals surface area contributed by atoms with Crippen LogP contribution in [0.1, 0.15) is 25.3 Å². The van der Waals surface area contributed by atoms with Crippen molar-refractivity contribution in [3.8, 4) is 0 Å². The zero-order valence-corrected chi connectivity index (χ0v) is 13.4. The van der Waals surface area contributed by atoms with Crippen LogP contribution in [-0.4, -0.2) is 42.2 Å². The molecule has 1 aromatic carbocycles. The van der Waals surface area contributed by atoms with Gasteiger partial charge in [-0.2, -0.15) is 0 Å². The van der Waals surface area contributed by atoms with Gasteiger partial charge in [0, 0.05) is 29.3 Å². The minimum absolute atomic E-state index is 0.0254. The van der Waals surface area contributed by atoms with Crippen molar-refractivity contribution in [2.75, 3.05) is 31.6 Å². The molecule has 1 atom stereocenters. The molecule has 1 aromatic rings. The van der Waals surface area contributed by atoms with E-state index in [-0.39, 0.29) is 17.9 Å². The summed E-state index contributed by atoms with van der Waals surface area (Å²) in [5, 5.41) is 13.1. The molecule has 4 nitrogen and oxygen atoms in total. The number of carbonyl (C=O) groups excluding carboxylic acids is 1. The fourth-order valence-corrected chi connectivity index (χ4v) is 3.08. The second-order valence-corrected chi connectivity index (χ2v) is 6.73. The fourth-order valence-electron chi connectivity index (χ4n) is 2.85. The van der Waals surface area contributed by atoms with Crippen LogP contribution in [0.15, 0.2) is 18.2 Å². The first-order valence-electron chi connectivity index (χ1n) is 7.31. The Balaban J connectivity index is 1.92. The molecule has 1 aliphatic rings. The number of rotatable bonds is 4. The number of benzene rings is 1. The van der Waals surface area contributed by atoms with Crippen LogP contribution < -0.4 is 5.32 Å². The molecule has 1 aliphatic heterocycles. The highest BCUT2D eigenvalue weighted by Gasteiger charge is 2.30. The van der Waals surface area contributed by atoms with Crippen LogP contribution in [0.3, 0.4) is 0 Å². The highest BCUT2D eigenvalue weighted by atomic mass is 35.5. The Morgan fingerprint density at radius 3 is 2.95 bits per heavy atom. The van der Waals surface area contributed by atoms with E-state index in [0.717, 1.165) is 37.2 Å². The first kappa shape index (κ1) is 16.3. The van der Waals surface area contributed by atoms with E-state index < -0.39 is 0 Å². The van der Waals surface area contributed by atoms with Gasteiger partial charge >= 0.3 is 0 Å². The third kappa shape index (κ3) is 4.43. The van der Waals surface area contributed by atoms with Gasteiger partial charge in [-0.3, -0.25) is 9.69 Å². The lowest BCUT2D eigenvalue weighted by Gasteiger charge is -2.38. The molecule has 1 heterocycles. The second kappa shape index (κ2) is 6.77. The van der Waals surface area contributed by atoms with E-state index >= 15 is 0 Å². The maximum absolute atomic E-state index is 12.2. The van der Waals surface area contributed by atoms with Gasteiger partial charge in [-0.1, -0.05) is 18.5 Å². The minimum atomic E-state index is -0.0886. The number of anilines is 1. The molecule has 0 saturated carbocycles. The number of carbonyl (C=O) groups is 1. The van der Waals surface area contributed by atoms with Crippen molar-refractivity contribution in [2.45, 2.75) is 26.7 Å². The van der Waals surface area contributed by atoms with Gasteiger partial charge in [0.15, 0.2) is 0 Å². The molecule has 5 heteroatoms. The monoisotopic (exact) mass is 310 g/mol. The van der Waals surface area contributed by atoms with Crippen LogP contribution in [0.2, 0.25) is 5.02 Å². The molecule has 0 bridgehead atoms. The predicted octanol–water partition coefficient (Wildman–Crippen LogP) is 2.68. The van der Waals surface area contributed by atoms with E-state index in [1.54, 1.807) is 6.07 Å². The summed E-state index contributed by atoms with van der Waals surface area (Å²) in [7, 11) is 0. The molecule has 0 aliphatic carbocycles. The van der Waals surface area contributed by atoms with Crippen LogP contribution >= 0.6 is 11.6 Å². The molecule has 1 fully saturated rings. The zero-order valence-electron chi connectivity index (χ0n) is 12.7.